The molecule has 1 aliphatic rings. The molecule has 4 heteroatoms. The van der Waals surface area contributed by atoms with Gasteiger partial charge in [-0.15, -0.1) is 0 Å². The van der Waals surface area contributed by atoms with Crippen LogP contribution in [-0.4, -0.2) is 29.0 Å². The third-order valence-corrected chi connectivity index (χ3v) is 3.67. The Morgan fingerprint density at radius 3 is 2.88 bits per heavy atom. The maximum atomic E-state index is 11.1. The molecule has 90 valence electrons. The molecule has 1 heterocycles. The van der Waals surface area contributed by atoms with Gasteiger partial charge in [0.25, 0.3) is 0 Å². The number of aliphatic carboxylic acids is 1. The second kappa shape index (κ2) is 4.92. The van der Waals surface area contributed by atoms with Crippen molar-refractivity contribution in [3.63, 3.8) is 0 Å². The predicted molar refractivity (Wildman–Crippen MR) is 72.7 cm³/mol. The third kappa shape index (κ3) is 2.22. The molecule has 1 N–H and O–H groups in total. The Hall–Kier alpha value is -1.29. The van der Waals surface area contributed by atoms with E-state index < -0.39 is 12.0 Å². The zero-order chi connectivity index (χ0) is 12.4. The summed E-state index contributed by atoms with van der Waals surface area (Å²) in [5, 5.41) is 9.90. The van der Waals surface area contributed by atoms with Crippen LogP contribution < -0.4 is 4.90 Å². The molecule has 0 bridgehead atoms. The van der Waals surface area contributed by atoms with Crippen molar-refractivity contribution in [2.75, 3.05) is 16.8 Å². The zero-order valence-electron chi connectivity index (χ0n) is 9.56. The van der Waals surface area contributed by atoms with E-state index in [-0.39, 0.29) is 0 Å². The summed E-state index contributed by atoms with van der Waals surface area (Å²) in [5.41, 5.74) is 3.33. The van der Waals surface area contributed by atoms with Gasteiger partial charge in [-0.2, -0.15) is 0 Å². The minimum absolute atomic E-state index is 0.510. The van der Waals surface area contributed by atoms with E-state index in [0.717, 1.165) is 16.6 Å². The van der Waals surface area contributed by atoms with E-state index in [0.29, 0.717) is 6.54 Å². The molecule has 1 aromatic rings. The van der Waals surface area contributed by atoms with Crippen LogP contribution in [-0.2, 0) is 4.79 Å². The number of fused-ring (bicyclic) bond motifs is 1. The number of alkyl halides is 1. The molecule has 0 saturated carbocycles. The number of allylic oxidation sites excluding steroid dienone is 1. The van der Waals surface area contributed by atoms with E-state index in [2.05, 4.69) is 22.0 Å². The van der Waals surface area contributed by atoms with Crippen LogP contribution in [0.3, 0.4) is 0 Å². The fourth-order valence-electron chi connectivity index (χ4n) is 2.04. The van der Waals surface area contributed by atoms with Crippen LogP contribution in [0, 0.1) is 0 Å². The molecular formula is C13H14BrNO2. The van der Waals surface area contributed by atoms with Gasteiger partial charge in [0.2, 0.25) is 0 Å². The van der Waals surface area contributed by atoms with Crippen molar-refractivity contribution in [1.82, 2.24) is 0 Å². The number of benzene rings is 1. The lowest BCUT2D eigenvalue weighted by Gasteiger charge is -2.33. The summed E-state index contributed by atoms with van der Waals surface area (Å²) >= 11 is 3.46. The summed E-state index contributed by atoms with van der Waals surface area (Å²) < 4.78 is 0. The summed E-state index contributed by atoms with van der Waals surface area (Å²) in [6, 6.07) is 7.42. The highest BCUT2D eigenvalue weighted by atomic mass is 79.9. The van der Waals surface area contributed by atoms with E-state index in [9.17, 15) is 4.79 Å². The largest absolute Gasteiger partial charge is 0.480 e. The van der Waals surface area contributed by atoms with Gasteiger partial charge >= 0.3 is 5.97 Å². The average molecular weight is 296 g/mol. The number of halogens is 1. The number of anilines is 1. The van der Waals surface area contributed by atoms with Crippen LogP contribution in [0.4, 0.5) is 5.69 Å². The zero-order valence-corrected chi connectivity index (χ0v) is 11.1. The quantitative estimate of drug-likeness (QED) is 0.872. The molecule has 1 atom stereocenters. The fourth-order valence-corrected chi connectivity index (χ4v) is 2.57. The van der Waals surface area contributed by atoms with Crippen LogP contribution in [0.1, 0.15) is 12.5 Å². The SMILES string of the molecule is C[C@H](C(=O)O)N1CC=C(CBr)c2ccccc21. The summed E-state index contributed by atoms with van der Waals surface area (Å²) in [6.07, 6.45) is 2.08. The van der Waals surface area contributed by atoms with Gasteiger partial charge in [0.05, 0.1) is 0 Å². The number of carbonyl (C=O) groups is 1. The standard InChI is InChI=1S/C13H14BrNO2/c1-9(13(16)17)15-7-6-10(8-14)11-4-2-3-5-12(11)15/h2-6,9H,7-8H2,1H3,(H,16,17)/t9-/m1/s1. The van der Waals surface area contributed by atoms with Crippen molar-refractivity contribution in [2.45, 2.75) is 13.0 Å². The highest BCUT2D eigenvalue weighted by Gasteiger charge is 2.25. The van der Waals surface area contributed by atoms with E-state index in [1.807, 2.05) is 29.2 Å². The number of rotatable bonds is 3. The Balaban J connectivity index is 2.43. The van der Waals surface area contributed by atoms with Gasteiger partial charge in [0, 0.05) is 23.1 Å². The second-order valence-corrected chi connectivity index (χ2v) is 4.61. The number of carboxylic acid groups (broad SMARTS) is 1. The minimum atomic E-state index is -0.796. The maximum absolute atomic E-state index is 11.1. The Morgan fingerprint density at radius 2 is 2.24 bits per heavy atom. The Kier molecular flexibility index (Phi) is 3.52. The Bertz CT molecular complexity index is 470. The number of hydrogen-bond donors (Lipinski definition) is 1. The maximum Gasteiger partial charge on any atom is 0.326 e. The molecule has 0 saturated heterocycles. The van der Waals surface area contributed by atoms with E-state index in [1.165, 1.54) is 5.57 Å². The predicted octanol–water partition coefficient (Wildman–Crippen LogP) is 2.76. The lowest BCUT2D eigenvalue weighted by atomic mass is 9.99. The van der Waals surface area contributed by atoms with E-state index in [4.69, 9.17) is 5.11 Å². The number of hydrogen-bond acceptors (Lipinski definition) is 2. The van der Waals surface area contributed by atoms with Crippen LogP contribution in [0.2, 0.25) is 0 Å². The number of nitrogens with zero attached hydrogens (tertiary/aromatic N) is 1. The van der Waals surface area contributed by atoms with Gasteiger partial charge in [-0.05, 0) is 18.6 Å². The summed E-state index contributed by atoms with van der Waals surface area (Å²) in [4.78, 5) is 13.0. The molecule has 17 heavy (non-hydrogen) atoms. The lowest BCUT2D eigenvalue weighted by Crippen LogP contribution is -2.41. The molecular weight excluding hydrogens is 282 g/mol. The van der Waals surface area contributed by atoms with E-state index in [1.54, 1.807) is 6.92 Å². The number of para-hydroxylation sites is 1. The molecule has 0 spiro atoms. The monoisotopic (exact) mass is 295 g/mol. The fraction of sp³-hybridized carbons (Fsp3) is 0.308. The molecule has 0 unspecified atom stereocenters. The Labute approximate surface area is 109 Å². The van der Waals surface area contributed by atoms with Gasteiger partial charge in [-0.3, -0.25) is 0 Å². The summed E-state index contributed by atoms with van der Waals surface area (Å²) in [7, 11) is 0. The highest BCUT2D eigenvalue weighted by Crippen LogP contribution is 2.33. The first-order valence-electron chi connectivity index (χ1n) is 5.49. The van der Waals surface area contributed by atoms with Crippen LogP contribution in [0.5, 0.6) is 0 Å². The van der Waals surface area contributed by atoms with Gasteiger partial charge in [0.15, 0.2) is 0 Å². The van der Waals surface area contributed by atoms with Gasteiger partial charge in [0.1, 0.15) is 6.04 Å². The summed E-state index contributed by atoms with van der Waals surface area (Å²) in [5.74, 6) is -0.796. The van der Waals surface area contributed by atoms with Gasteiger partial charge in [-0.1, -0.05) is 40.2 Å². The third-order valence-electron chi connectivity index (χ3n) is 3.06. The van der Waals surface area contributed by atoms with Gasteiger partial charge < -0.3 is 10.0 Å². The molecule has 1 aliphatic heterocycles. The first-order chi connectivity index (χ1) is 8.15. The summed E-state index contributed by atoms with van der Waals surface area (Å²) in [6.45, 7) is 2.36. The minimum Gasteiger partial charge on any atom is -0.480 e. The molecule has 0 aliphatic carbocycles. The first-order valence-corrected chi connectivity index (χ1v) is 6.61. The number of carboxylic acids is 1. The van der Waals surface area contributed by atoms with Crippen molar-refractivity contribution in [3.8, 4) is 0 Å². The molecule has 0 radical (unpaired) electrons. The van der Waals surface area contributed by atoms with Crippen LogP contribution in [0.15, 0.2) is 30.3 Å². The normalized spacial score (nSPS) is 16.1. The molecule has 0 amide bonds. The molecule has 0 fully saturated rings. The van der Waals surface area contributed by atoms with Crippen LogP contribution >= 0.6 is 15.9 Å². The first kappa shape index (κ1) is 12.2. The molecule has 2 rings (SSSR count). The van der Waals surface area contributed by atoms with Crippen LogP contribution in [0.25, 0.3) is 5.57 Å². The Morgan fingerprint density at radius 1 is 1.53 bits per heavy atom. The van der Waals surface area contributed by atoms with Crippen molar-refractivity contribution in [1.29, 1.82) is 0 Å². The van der Waals surface area contributed by atoms with Crippen molar-refractivity contribution < 1.29 is 9.90 Å². The molecule has 0 aromatic heterocycles. The van der Waals surface area contributed by atoms with E-state index >= 15 is 0 Å². The van der Waals surface area contributed by atoms with Crippen molar-refractivity contribution in [2.24, 2.45) is 0 Å². The van der Waals surface area contributed by atoms with Gasteiger partial charge in [-0.25, -0.2) is 4.79 Å². The van der Waals surface area contributed by atoms with Crippen molar-refractivity contribution >= 4 is 33.2 Å². The highest BCUT2D eigenvalue weighted by molar-refractivity contribution is 9.09. The molecule has 1 aromatic carbocycles. The smallest absolute Gasteiger partial charge is 0.326 e. The van der Waals surface area contributed by atoms with Crippen molar-refractivity contribution in [3.05, 3.63) is 35.9 Å². The topological polar surface area (TPSA) is 40.5 Å². The average Bonchev–Trinajstić information content (AvgIpc) is 2.36. The molecule has 3 nitrogen and oxygen atoms in total. The second-order valence-electron chi connectivity index (χ2n) is 4.05. The lowest BCUT2D eigenvalue weighted by molar-refractivity contribution is -0.138.